The molecule has 0 unspecified atom stereocenters. The van der Waals surface area contributed by atoms with Crippen molar-refractivity contribution >= 4 is 27.5 Å². The van der Waals surface area contributed by atoms with Gasteiger partial charge in [0.15, 0.2) is 22.9 Å². The predicted molar refractivity (Wildman–Crippen MR) is 107 cm³/mol. The van der Waals surface area contributed by atoms with Crippen molar-refractivity contribution in [3.63, 3.8) is 0 Å². The van der Waals surface area contributed by atoms with Gasteiger partial charge in [-0.25, -0.2) is 0 Å². The molecule has 1 amide bonds. The van der Waals surface area contributed by atoms with E-state index in [0.29, 0.717) is 22.8 Å². The third-order valence-electron chi connectivity index (χ3n) is 4.19. The summed E-state index contributed by atoms with van der Waals surface area (Å²) in [6, 6.07) is 11.3. The number of hydrogen-bond donors (Lipinski definition) is 0. The van der Waals surface area contributed by atoms with Crippen molar-refractivity contribution < 1.29 is 14.3 Å². The quantitative estimate of drug-likeness (QED) is 0.637. The van der Waals surface area contributed by atoms with Crippen molar-refractivity contribution in [3.8, 4) is 23.8 Å². The zero-order valence-corrected chi connectivity index (χ0v) is 16.3. The molecule has 0 fully saturated rings. The summed E-state index contributed by atoms with van der Waals surface area (Å²) in [6.45, 7) is 4.28. The number of aryl methyl sites for hydroxylation is 2. The van der Waals surface area contributed by atoms with Crippen LogP contribution in [0.5, 0.6) is 11.5 Å². The van der Waals surface area contributed by atoms with Crippen molar-refractivity contribution in [1.29, 1.82) is 0 Å². The smallest absolute Gasteiger partial charge is 0.286 e. The van der Waals surface area contributed by atoms with Crippen LogP contribution in [0, 0.1) is 26.2 Å². The molecule has 0 aliphatic carbocycles. The molecule has 0 aliphatic rings. The summed E-state index contributed by atoms with van der Waals surface area (Å²) < 4.78 is 13.7. The molecule has 0 saturated carbocycles. The van der Waals surface area contributed by atoms with E-state index in [1.807, 2.05) is 16.7 Å². The van der Waals surface area contributed by atoms with Crippen LogP contribution < -0.4 is 14.3 Å². The molecule has 3 aromatic rings. The van der Waals surface area contributed by atoms with Gasteiger partial charge in [0.05, 0.1) is 23.9 Å². The lowest BCUT2D eigenvalue weighted by molar-refractivity contribution is -0.120. The first-order valence-corrected chi connectivity index (χ1v) is 9.22. The summed E-state index contributed by atoms with van der Waals surface area (Å²) in [7, 11) is 1.55. The number of fused-ring (bicyclic) bond motifs is 1. The van der Waals surface area contributed by atoms with E-state index in [-0.39, 0.29) is 12.5 Å². The van der Waals surface area contributed by atoms with Crippen LogP contribution in [-0.4, -0.2) is 24.2 Å². The van der Waals surface area contributed by atoms with Gasteiger partial charge in [-0.3, -0.25) is 4.79 Å². The summed E-state index contributed by atoms with van der Waals surface area (Å²) in [5, 5.41) is 0. The highest BCUT2D eigenvalue weighted by atomic mass is 32.1. The van der Waals surface area contributed by atoms with Crippen molar-refractivity contribution in [2.75, 3.05) is 13.7 Å². The molecule has 0 saturated heterocycles. The van der Waals surface area contributed by atoms with Crippen molar-refractivity contribution in [1.82, 2.24) is 4.57 Å². The molecule has 0 bridgehead atoms. The highest BCUT2D eigenvalue weighted by Gasteiger charge is 2.10. The summed E-state index contributed by atoms with van der Waals surface area (Å²) in [5.74, 6) is 3.32. The fourth-order valence-corrected chi connectivity index (χ4v) is 3.79. The highest BCUT2D eigenvalue weighted by molar-refractivity contribution is 7.16. The SMILES string of the molecule is C#CCn1c(=NC(=O)COc2ccccc2OC)sc2cc(C)c(C)cc21. The van der Waals surface area contributed by atoms with Gasteiger partial charge in [0.2, 0.25) is 0 Å². The van der Waals surface area contributed by atoms with Gasteiger partial charge in [-0.05, 0) is 49.2 Å². The van der Waals surface area contributed by atoms with E-state index >= 15 is 0 Å². The molecule has 0 radical (unpaired) electrons. The highest BCUT2D eigenvalue weighted by Crippen LogP contribution is 2.25. The van der Waals surface area contributed by atoms with E-state index in [1.54, 1.807) is 19.2 Å². The molecule has 3 rings (SSSR count). The maximum absolute atomic E-state index is 12.4. The molecular formula is C21H20N2O3S. The minimum Gasteiger partial charge on any atom is -0.493 e. The predicted octanol–water partition coefficient (Wildman–Crippen LogP) is 3.47. The van der Waals surface area contributed by atoms with E-state index in [9.17, 15) is 4.79 Å². The van der Waals surface area contributed by atoms with Gasteiger partial charge in [0.25, 0.3) is 5.91 Å². The van der Waals surface area contributed by atoms with E-state index in [2.05, 4.69) is 36.9 Å². The van der Waals surface area contributed by atoms with Crippen LogP contribution in [0.4, 0.5) is 0 Å². The summed E-state index contributed by atoms with van der Waals surface area (Å²) in [4.78, 5) is 17.2. The molecule has 27 heavy (non-hydrogen) atoms. The zero-order valence-electron chi connectivity index (χ0n) is 15.5. The summed E-state index contributed by atoms with van der Waals surface area (Å²) in [6.07, 6.45) is 5.51. The fourth-order valence-electron chi connectivity index (χ4n) is 2.67. The van der Waals surface area contributed by atoms with Gasteiger partial charge < -0.3 is 14.0 Å². The number of carbonyl (C=O) groups excluding carboxylic acids is 1. The lowest BCUT2D eigenvalue weighted by Gasteiger charge is -2.08. The van der Waals surface area contributed by atoms with Gasteiger partial charge in [-0.15, -0.1) is 6.42 Å². The average molecular weight is 380 g/mol. The van der Waals surface area contributed by atoms with Crippen LogP contribution in [0.15, 0.2) is 41.4 Å². The molecule has 0 spiro atoms. The van der Waals surface area contributed by atoms with Crippen LogP contribution in [0.25, 0.3) is 10.2 Å². The first-order chi connectivity index (χ1) is 13.0. The van der Waals surface area contributed by atoms with Crippen LogP contribution in [0.2, 0.25) is 0 Å². The molecule has 5 nitrogen and oxygen atoms in total. The van der Waals surface area contributed by atoms with Crippen LogP contribution in [0.1, 0.15) is 11.1 Å². The summed E-state index contributed by atoms with van der Waals surface area (Å²) in [5.41, 5.74) is 3.34. The molecule has 6 heteroatoms. The van der Waals surface area contributed by atoms with E-state index < -0.39 is 0 Å². The maximum Gasteiger partial charge on any atom is 0.286 e. The zero-order chi connectivity index (χ0) is 19.4. The number of carbonyl (C=O) groups is 1. The number of rotatable bonds is 5. The first kappa shape index (κ1) is 18.7. The minimum atomic E-state index is -0.383. The molecule has 2 aromatic carbocycles. The minimum absolute atomic E-state index is 0.178. The third kappa shape index (κ3) is 4.04. The molecule has 1 aromatic heterocycles. The second kappa shape index (κ2) is 8.11. The van der Waals surface area contributed by atoms with Crippen LogP contribution >= 0.6 is 11.3 Å². The van der Waals surface area contributed by atoms with Gasteiger partial charge in [0, 0.05) is 0 Å². The number of thiazole rings is 1. The van der Waals surface area contributed by atoms with E-state index in [0.717, 1.165) is 10.2 Å². The second-order valence-corrected chi connectivity index (χ2v) is 7.03. The number of ether oxygens (including phenoxy) is 2. The summed E-state index contributed by atoms with van der Waals surface area (Å²) >= 11 is 1.44. The van der Waals surface area contributed by atoms with Crippen LogP contribution in [-0.2, 0) is 11.3 Å². The Morgan fingerprint density at radius 3 is 2.63 bits per heavy atom. The number of amides is 1. The molecule has 0 aliphatic heterocycles. The number of methoxy groups -OCH3 is 1. The Hall–Kier alpha value is -3.04. The molecule has 138 valence electrons. The topological polar surface area (TPSA) is 52.8 Å². The van der Waals surface area contributed by atoms with Crippen molar-refractivity contribution in [2.45, 2.75) is 20.4 Å². The number of hydrogen-bond acceptors (Lipinski definition) is 4. The lowest BCUT2D eigenvalue weighted by atomic mass is 10.1. The Bertz CT molecular complexity index is 1100. The monoisotopic (exact) mass is 380 g/mol. The molecule has 1 heterocycles. The van der Waals surface area contributed by atoms with Gasteiger partial charge >= 0.3 is 0 Å². The Kier molecular flexibility index (Phi) is 5.63. The van der Waals surface area contributed by atoms with Crippen molar-refractivity contribution in [2.24, 2.45) is 4.99 Å². The molecule has 0 N–H and O–H groups in total. The number of terminal acetylenes is 1. The maximum atomic E-state index is 12.4. The van der Waals surface area contributed by atoms with E-state index in [4.69, 9.17) is 15.9 Å². The average Bonchev–Trinajstić information content (AvgIpc) is 2.97. The number of para-hydroxylation sites is 2. The Morgan fingerprint density at radius 2 is 1.93 bits per heavy atom. The Labute approximate surface area is 161 Å². The Morgan fingerprint density at radius 1 is 1.22 bits per heavy atom. The van der Waals surface area contributed by atoms with Crippen molar-refractivity contribution in [3.05, 3.63) is 52.3 Å². The third-order valence-corrected chi connectivity index (χ3v) is 5.23. The van der Waals surface area contributed by atoms with Gasteiger partial charge in [-0.2, -0.15) is 4.99 Å². The molecular weight excluding hydrogens is 360 g/mol. The number of nitrogens with zero attached hydrogens (tertiary/aromatic N) is 2. The number of aromatic nitrogens is 1. The first-order valence-electron chi connectivity index (χ1n) is 8.41. The lowest BCUT2D eigenvalue weighted by Crippen LogP contribution is -2.19. The second-order valence-electron chi connectivity index (χ2n) is 6.02. The molecule has 0 atom stereocenters. The van der Waals surface area contributed by atoms with E-state index in [1.165, 1.54) is 22.5 Å². The van der Waals surface area contributed by atoms with Gasteiger partial charge in [-0.1, -0.05) is 29.4 Å². The standard InChI is InChI=1S/C21H20N2O3S/c1-5-10-23-16-11-14(2)15(3)12-19(16)27-21(23)22-20(24)13-26-18-9-7-6-8-17(18)25-4/h1,6-9,11-12H,10,13H2,2-4H3. The van der Waals surface area contributed by atoms with Crippen LogP contribution in [0.3, 0.4) is 0 Å². The Balaban J connectivity index is 1.91. The fraction of sp³-hybridized carbons (Fsp3) is 0.238. The largest absolute Gasteiger partial charge is 0.493 e. The number of benzene rings is 2. The normalized spacial score (nSPS) is 11.4. The van der Waals surface area contributed by atoms with Gasteiger partial charge in [0.1, 0.15) is 0 Å².